The van der Waals surface area contributed by atoms with E-state index in [1.807, 2.05) is 45.2 Å². The molecule has 8 nitrogen and oxygen atoms in total. The van der Waals surface area contributed by atoms with Gasteiger partial charge in [0.25, 0.3) is 5.91 Å². The van der Waals surface area contributed by atoms with Crippen molar-refractivity contribution >= 4 is 23.2 Å². The van der Waals surface area contributed by atoms with Gasteiger partial charge in [0.2, 0.25) is 5.95 Å². The first-order valence-corrected chi connectivity index (χ1v) is 11.2. The molecule has 182 valence electrons. The SMILES string of the molecule is Cc1ccc(C(=O)Nc2ccc(CN(C)C)c(F)c2)cc1C#Cc1cnc(Nc2cnn(C)c2)nc1. The third-order valence-electron chi connectivity index (χ3n) is 5.25. The summed E-state index contributed by atoms with van der Waals surface area (Å²) in [4.78, 5) is 23.2. The minimum Gasteiger partial charge on any atom is -0.322 e. The lowest BCUT2D eigenvalue weighted by Crippen LogP contribution is -2.14. The molecule has 0 saturated carbocycles. The summed E-state index contributed by atoms with van der Waals surface area (Å²) in [5.74, 6) is 5.86. The van der Waals surface area contributed by atoms with Crippen LogP contribution in [0.4, 0.5) is 21.7 Å². The molecule has 0 fully saturated rings. The fourth-order valence-corrected chi connectivity index (χ4v) is 3.41. The Morgan fingerprint density at radius 2 is 1.83 bits per heavy atom. The Balaban J connectivity index is 1.45. The van der Waals surface area contributed by atoms with Gasteiger partial charge in [-0.2, -0.15) is 5.10 Å². The summed E-state index contributed by atoms with van der Waals surface area (Å²) < 4.78 is 16.0. The van der Waals surface area contributed by atoms with Crippen LogP contribution in [0.2, 0.25) is 0 Å². The van der Waals surface area contributed by atoms with E-state index in [-0.39, 0.29) is 11.7 Å². The fraction of sp³-hybridized carbons (Fsp3) is 0.185. The first-order chi connectivity index (χ1) is 17.3. The van der Waals surface area contributed by atoms with Crippen molar-refractivity contribution in [3.8, 4) is 11.8 Å². The minimum atomic E-state index is -0.360. The van der Waals surface area contributed by atoms with Crippen LogP contribution in [-0.2, 0) is 13.6 Å². The number of anilines is 3. The van der Waals surface area contributed by atoms with Crippen molar-refractivity contribution in [2.75, 3.05) is 24.7 Å². The number of carbonyl (C=O) groups is 1. The lowest BCUT2D eigenvalue weighted by atomic mass is 10.0. The third-order valence-corrected chi connectivity index (χ3v) is 5.25. The van der Waals surface area contributed by atoms with Crippen molar-refractivity contribution in [1.29, 1.82) is 0 Å². The van der Waals surface area contributed by atoms with Crippen molar-refractivity contribution in [2.45, 2.75) is 13.5 Å². The average molecular weight is 484 g/mol. The number of hydrogen-bond donors (Lipinski definition) is 2. The monoisotopic (exact) mass is 483 g/mol. The maximum Gasteiger partial charge on any atom is 0.255 e. The second-order valence-corrected chi connectivity index (χ2v) is 8.60. The molecule has 0 saturated heterocycles. The third kappa shape index (κ3) is 6.31. The molecule has 2 aromatic heterocycles. The zero-order valence-electron chi connectivity index (χ0n) is 20.5. The largest absolute Gasteiger partial charge is 0.322 e. The molecule has 2 aromatic carbocycles. The van der Waals surface area contributed by atoms with Crippen LogP contribution < -0.4 is 10.6 Å². The van der Waals surface area contributed by atoms with Crippen LogP contribution in [-0.4, -0.2) is 44.7 Å². The van der Waals surface area contributed by atoms with E-state index in [9.17, 15) is 9.18 Å². The van der Waals surface area contributed by atoms with Crippen molar-refractivity contribution in [2.24, 2.45) is 7.05 Å². The molecule has 0 atom stereocenters. The van der Waals surface area contributed by atoms with Crippen LogP contribution in [0.5, 0.6) is 0 Å². The number of aromatic nitrogens is 4. The minimum absolute atomic E-state index is 0.341. The number of carbonyl (C=O) groups excluding carboxylic acids is 1. The molecule has 1 amide bonds. The molecular weight excluding hydrogens is 457 g/mol. The summed E-state index contributed by atoms with van der Waals surface area (Å²) in [6.45, 7) is 2.40. The van der Waals surface area contributed by atoms with Gasteiger partial charge in [0.15, 0.2) is 0 Å². The quantitative estimate of drug-likeness (QED) is 0.401. The van der Waals surface area contributed by atoms with Gasteiger partial charge in [0, 0.05) is 54.6 Å². The number of halogens is 1. The molecule has 9 heteroatoms. The van der Waals surface area contributed by atoms with Crippen LogP contribution in [0.1, 0.15) is 32.6 Å². The van der Waals surface area contributed by atoms with Gasteiger partial charge in [0.05, 0.1) is 17.4 Å². The van der Waals surface area contributed by atoms with Gasteiger partial charge in [-0.25, -0.2) is 14.4 Å². The van der Waals surface area contributed by atoms with Crippen LogP contribution >= 0.6 is 0 Å². The average Bonchev–Trinajstić information content (AvgIpc) is 3.25. The first-order valence-electron chi connectivity index (χ1n) is 11.2. The Labute approximate surface area is 209 Å². The predicted molar refractivity (Wildman–Crippen MR) is 137 cm³/mol. The number of benzene rings is 2. The molecule has 0 aliphatic heterocycles. The summed E-state index contributed by atoms with van der Waals surface area (Å²) in [5, 5.41) is 9.91. The molecule has 0 unspecified atom stereocenters. The topological polar surface area (TPSA) is 88.0 Å². The van der Waals surface area contributed by atoms with E-state index < -0.39 is 0 Å². The van der Waals surface area contributed by atoms with Gasteiger partial charge in [-0.1, -0.05) is 24.0 Å². The normalized spacial score (nSPS) is 10.6. The Morgan fingerprint density at radius 1 is 1.06 bits per heavy atom. The van der Waals surface area contributed by atoms with E-state index in [1.165, 1.54) is 6.07 Å². The number of aryl methyl sites for hydroxylation is 2. The predicted octanol–water partition coefficient (Wildman–Crippen LogP) is 4.11. The summed E-state index contributed by atoms with van der Waals surface area (Å²) in [6.07, 6.45) is 6.75. The lowest BCUT2D eigenvalue weighted by molar-refractivity contribution is 0.102. The van der Waals surface area contributed by atoms with Gasteiger partial charge < -0.3 is 15.5 Å². The molecular formula is C27H26FN7O. The molecule has 0 spiro atoms. The smallest absolute Gasteiger partial charge is 0.255 e. The molecule has 0 radical (unpaired) electrons. The maximum absolute atomic E-state index is 14.4. The zero-order chi connectivity index (χ0) is 25.7. The highest BCUT2D eigenvalue weighted by molar-refractivity contribution is 6.04. The number of hydrogen-bond acceptors (Lipinski definition) is 6. The van der Waals surface area contributed by atoms with E-state index >= 15 is 0 Å². The second-order valence-electron chi connectivity index (χ2n) is 8.60. The van der Waals surface area contributed by atoms with Gasteiger partial charge in [-0.15, -0.1) is 0 Å². The Bertz CT molecular complexity index is 1450. The first kappa shape index (κ1) is 24.6. The van der Waals surface area contributed by atoms with Crippen LogP contribution in [0.25, 0.3) is 0 Å². The summed E-state index contributed by atoms with van der Waals surface area (Å²) in [5.41, 5.74) is 4.43. The zero-order valence-corrected chi connectivity index (χ0v) is 20.5. The number of nitrogens with one attached hydrogen (secondary N) is 2. The molecule has 2 heterocycles. The van der Waals surface area contributed by atoms with Crippen LogP contribution in [0.3, 0.4) is 0 Å². The molecule has 2 N–H and O–H groups in total. The molecule has 4 aromatic rings. The van der Waals surface area contributed by atoms with Gasteiger partial charge in [-0.3, -0.25) is 9.48 Å². The highest BCUT2D eigenvalue weighted by Gasteiger charge is 2.11. The van der Waals surface area contributed by atoms with Crippen LogP contribution in [0, 0.1) is 24.6 Å². The van der Waals surface area contributed by atoms with E-state index in [0.29, 0.717) is 40.4 Å². The summed E-state index contributed by atoms with van der Waals surface area (Å²) in [7, 11) is 5.57. The lowest BCUT2D eigenvalue weighted by Gasteiger charge is -2.12. The standard InChI is InChI=1S/C27H26FN7O/c1-18-5-7-21(26(36)32-23-10-9-22(16-34(2)3)25(28)12-23)11-20(18)8-6-19-13-29-27(30-14-19)33-24-15-31-35(4)17-24/h5,7,9-15,17H,16H2,1-4H3,(H,32,36)(H,29,30,33). The highest BCUT2D eigenvalue weighted by atomic mass is 19.1. The second kappa shape index (κ2) is 10.8. The van der Waals surface area contributed by atoms with E-state index in [2.05, 4.69) is 37.5 Å². The van der Waals surface area contributed by atoms with E-state index in [4.69, 9.17) is 0 Å². The Morgan fingerprint density at radius 3 is 2.50 bits per heavy atom. The maximum atomic E-state index is 14.4. The fourth-order valence-electron chi connectivity index (χ4n) is 3.41. The van der Waals surface area contributed by atoms with E-state index in [1.54, 1.807) is 47.5 Å². The van der Waals surface area contributed by atoms with Crippen molar-refractivity contribution in [1.82, 2.24) is 24.6 Å². The summed E-state index contributed by atoms with van der Waals surface area (Å²) >= 11 is 0. The van der Waals surface area contributed by atoms with Crippen molar-refractivity contribution in [3.05, 3.63) is 94.8 Å². The highest BCUT2D eigenvalue weighted by Crippen LogP contribution is 2.18. The van der Waals surface area contributed by atoms with Crippen LogP contribution in [0.15, 0.2) is 61.2 Å². The molecule has 0 aliphatic rings. The van der Waals surface area contributed by atoms with Gasteiger partial charge in [-0.05, 0) is 50.8 Å². The van der Waals surface area contributed by atoms with Gasteiger partial charge >= 0.3 is 0 Å². The Hall–Kier alpha value is -4.55. The number of rotatable bonds is 6. The van der Waals surface area contributed by atoms with Gasteiger partial charge in [0.1, 0.15) is 5.82 Å². The molecule has 0 aliphatic carbocycles. The number of nitrogens with zero attached hydrogens (tertiary/aromatic N) is 5. The van der Waals surface area contributed by atoms with Crippen molar-refractivity contribution < 1.29 is 9.18 Å². The van der Waals surface area contributed by atoms with E-state index in [0.717, 1.165) is 11.3 Å². The Kier molecular flexibility index (Phi) is 7.37. The van der Waals surface area contributed by atoms with Crippen molar-refractivity contribution in [3.63, 3.8) is 0 Å². The molecule has 4 rings (SSSR count). The molecule has 0 bridgehead atoms. The molecule has 36 heavy (non-hydrogen) atoms. The number of amides is 1. The summed E-state index contributed by atoms with van der Waals surface area (Å²) in [6, 6.07) is 9.97.